The van der Waals surface area contributed by atoms with Gasteiger partial charge in [-0.3, -0.25) is 0 Å². The molecule has 0 heterocycles. The largest absolute Gasteiger partial charge is 0.495 e. The number of carbonyl (C=O) groups is 1. The summed E-state index contributed by atoms with van der Waals surface area (Å²) in [4.78, 5) is 11.9. The molecule has 0 spiro atoms. The molecule has 0 saturated carbocycles. The number of nitrogens with one attached hydrogen (secondary N) is 2. The highest BCUT2D eigenvalue weighted by molar-refractivity contribution is 9.10. The highest BCUT2D eigenvalue weighted by Gasteiger charge is 2.07. The van der Waals surface area contributed by atoms with Gasteiger partial charge in [0.05, 0.1) is 12.8 Å². The van der Waals surface area contributed by atoms with Crippen LogP contribution < -0.4 is 15.4 Å². The molecule has 2 amide bonds. The third-order valence-corrected chi connectivity index (χ3v) is 3.54. The predicted octanol–water partition coefficient (Wildman–Crippen LogP) is 4.43. The second-order valence-corrected chi connectivity index (χ2v) is 5.63. The lowest BCUT2D eigenvalue weighted by Gasteiger charge is -2.11. The second-order valence-electron chi connectivity index (χ2n) is 4.28. The Morgan fingerprint density at radius 1 is 1.24 bits per heavy atom. The van der Waals surface area contributed by atoms with Gasteiger partial charge in [-0.1, -0.05) is 39.7 Å². The Hall–Kier alpha value is -1.72. The number of anilines is 1. The molecule has 0 unspecified atom stereocenters. The molecule has 2 aromatic carbocycles. The van der Waals surface area contributed by atoms with Crippen molar-refractivity contribution in [1.29, 1.82) is 0 Å². The standard InChI is InChI=1S/C15H14BrClN2O2/c1-21-14-7-6-12(17)8-13(14)19-15(20)18-9-10-2-4-11(16)5-3-10/h2-8H,9H2,1H3,(H2,18,19,20). The molecular weight excluding hydrogens is 356 g/mol. The Morgan fingerprint density at radius 3 is 2.62 bits per heavy atom. The summed E-state index contributed by atoms with van der Waals surface area (Å²) in [6, 6.07) is 12.4. The van der Waals surface area contributed by atoms with Gasteiger partial charge >= 0.3 is 6.03 Å². The molecule has 4 nitrogen and oxygen atoms in total. The number of methoxy groups -OCH3 is 1. The Kier molecular flexibility index (Phi) is 5.47. The summed E-state index contributed by atoms with van der Waals surface area (Å²) in [5.41, 5.74) is 1.53. The van der Waals surface area contributed by atoms with E-state index in [0.29, 0.717) is 23.0 Å². The maximum Gasteiger partial charge on any atom is 0.319 e. The van der Waals surface area contributed by atoms with Crippen LogP contribution in [0.25, 0.3) is 0 Å². The van der Waals surface area contributed by atoms with Crippen LogP contribution in [0.3, 0.4) is 0 Å². The Morgan fingerprint density at radius 2 is 1.95 bits per heavy atom. The number of amides is 2. The van der Waals surface area contributed by atoms with E-state index in [1.807, 2.05) is 24.3 Å². The first-order chi connectivity index (χ1) is 10.1. The maximum absolute atomic E-state index is 11.9. The van der Waals surface area contributed by atoms with Crippen LogP contribution in [0.5, 0.6) is 5.75 Å². The van der Waals surface area contributed by atoms with Gasteiger partial charge in [0.1, 0.15) is 5.75 Å². The lowest BCUT2D eigenvalue weighted by molar-refractivity contribution is 0.251. The minimum atomic E-state index is -0.321. The normalized spacial score (nSPS) is 10.0. The summed E-state index contributed by atoms with van der Waals surface area (Å²) in [6.07, 6.45) is 0. The molecule has 0 bridgehead atoms. The first kappa shape index (κ1) is 15.7. The maximum atomic E-state index is 11.9. The van der Waals surface area contributed by atoms with Crippen molar-refractivity contribution in [2.45, 2.75) is 6.54 Å². The fourth-order valence-electron chi connectivity index (χ4n) is 1.73. The summed E-state index contributed by atoms with van der Waals surface area (Å²) < 4.78 is 6.17. The summed E-state index contributed by atoms with van der Waals surface area (Å²) in [5.74, 6) is 0.554. The SMILES string of the molecule is COc1ccc(Cl)cc1NC(=O)NCc1ccc(Br)cc1. The van der Waals surface area contributed by atoms with Gasteiger partial charge in [0.25, 0.3) is 0 Å². The van der Waals surface area contributed by atoms with Gasteiger partial charge in [-0.05, 0) is 35.9 Å². The molecular formula is C15H14BrClN2O2. The predicted molar refractivity (Wildman–Crippen MR) is 88.0 cm³/mol. The molecule has 110 valence electrons. The van der Waals surface area contributed by atoms with Gasteiger partial charge in [-0.25, -0.2) is 4.79 Å². The molecule has 0 radical (unpaired) electrons. The van der Waals surface area contributed by atoms with Crippen molar-refractivity contribution in [2.24, 2.45) is 0 Å². The van der Waals surface area contributed by atoms with Crippen LogP contribution in [0.15, 0.2) is 46.9 Å². The fraction of sp³-hybridized carbons (Fsp3) is 0.133. The van der Waals surface area contributed by atoms with E-state index in [-0.39, 0.29) is 6.03 Å². The molecule has 2 rings (SSSR count). The number of rotatable bonds is 4. The van der Waals surface area contributed by atoms with Crippen LogP contribution >= 0.6 is 27.5 Å². The van der Waals surface area contributed by atoms with E-state index < -0.39 is 0 Å². The smallest absolute Gasteiger partial charge is 0.319 e. The number of carbonyl (C=O) groups excluding carboxylic acids is 1. The molecule has 0 fully saturated rings. The third kappa shape index (κ3) is 4.65. The van der Waals surface area contributed by atoms with Crippen LogP contribution in [-0.2, 0) is 6.54 Å². The Balaban J connectivity index is 1.95. The number of hydrogen-bond donors (Lipinski definition) is 2. The number of urea groups is 1. The van der Waals surface area contributed by atoms with E-state index in [2.05, 4.69) is 26.6 Å². The Bertz CT molecular complexity index is 632. The highest BCUT2D eigenvalue weighted by atomic mass is 79.9. The van der Waals surface area contributed by atoms with Gasteiger partial charge in [0.2, 0.25) is 0 Å². The van der Waals surface area contributed by atoms with Gasteiger partial charge in [0, 0.05) is 16.0 Å². The first-order valence-electron chi connectivity index (χ1n) is 6.21. The van der Waals surface area contributed by atoms with Crippen molar-refractivity contribution >= 4 is 39.2 Å². The minimum Gasteiger partial charge on any atom is -0.495 e. The van der Waals surface area contributed by atoms with Crippen molar-refractivity contribution in [3.8, 4) is 5.75 Å². The summed E-state index contributed by atoms with van der Waals surface area (Å²) in [7, 11) is 1.54. The molecule has 0 aliphatic rings. The number of ether oxygens (including phenoxy) is 1. The van der Waals surface area contributed by atoms with Gasteiger partial charge in [-0.2, -0.15) is 0 Å². The van der Waals surface area contributed by atoms with Gasteiger partial charge in [0.15, 0.2) is 0 Å². The van der Waals surface area contributed by atoms with E-state index in [4.69, 9.17) is 16.3 Å². The lowest BCUT2D eigenvalue weighted by atomic mass is 10.2. The van der Waals surface area contributed by atoms with E-state index in [9.17, 15) is 4.79 Å². The molecule has 0 aliphatic carbocycles. The van der Waals surface area contributed by atoms with Crippen molar-refractivity contribution in [1.82, 2.24) is 5.32 Å². The first-order valence-corrected chi connectivity index (χ1v) is 7.38. The third-order valence-electron chi connectivity index (χ3n) is 2.78. The van der Waals surface area contributed by atoms with Crippen LogP contribution in [-0.4, -0.2) is 13.1 Å². The van der Waals surface area contributed by atoms with E-state index in [0.717, 1.165) is 10.0 Å². The fourth-order valence-corrected chi connectivity index (χ4v) is 2.17. The van der Waals surface area contributed by atoms with Crippen molar-refractivity contribution < 1.29 is 9.53 Å². The quantitative estimate of drug-likeness (QED) is 0.837. The van der Waals surface area contributed by atoms with Gasteiger partial charge in [-0.15, -0.1) is 0 Å². The van der Waals surface area contributed by atoms with E-state index in [1.54, 1.807) is 18.2 Å². The van der Waals surface area contributed by atoms with E-state index >= 15 is 0 Å². The van der Waals surface area contributed by atoms with Crippen molar-refractivity contribution in [3.05, 3.63) is 57.5 Å². The summed E-state index contributed by atoms with van der Waals surface area (Å²) in [5, 5.41) is 6.02. The molecule has 21 heavy (non-hydrogen) atoms. The molecule has 0 aliphatic heterocycles. The minimum absolute atomic E-state index is 0.321. The van der Waals surface area contributed by atoms with Crippen LogP contribution in [0, 0.1) is 0 Å². The molecule has 2 aromatic rings. The molecule has 0 atom stereocenters. The number of halogens is 2. The molecule has 0 saturated heterocycles. The van der Waals surface area contributed by atoms with Crippen LogP contribution in [0.1, 0.15) is 5.56 Å². The summed E-state index contributed by atoms with van der Waals surface area (Å²) in [6.45, 7) is 0.433. The monoisotopic (exact) mass is 368 g/mol. The van der Waals surface area contributed by atoms with E-state index in [1.165, 1.54) is 7.11 Å². The van der Waals surface area contributed by atoms with Crippen molar-refractivity contribution in [3.63, 3.8) is 0 Å². The van der Waals surface area contributed by atoms with Crippen LogP contribution in [0.4, 0.5) is 10.5 Å². The number of hydrogen-bond acceptors (Lipinski definition) is 2. The zero-order valence-corrected chi connectivity index (χ0v) is 13.7. The average Bonchev–Trinajstić information content (AvgIpc) is 2.47. The molecule has 0 aromatic heterocycles. The number of benzene rings is 2. The molecule has 6 heteroatoms. The van der Waals surface area contributed by atoms with Crippen molar-refractivity contribution in [2.75, 3.05) is 12.4 Å². The zero-order valence-electron chi connectivity index (χ0n) is 11.3. The highest BCUT2D eigenvalue weighted by Crippen LogP contribution is 2.27. The Labute approximate surface area is 136 Å². The molecule has 2 N–H and O–H groups in total. The topological polar surface area (TPSA) is 50.4 Å². The zero-order chi connectivity index (χ0) is 15.2. The second kappa shape index (κ2) is 7.33. The van der Waals surface area contributed by atoms with Crippen LogP contribution in [0.2, 0.25) is 5.02 Å². The average molecular weight is 370 g/mol. The lowest BCUT2D eigenvalue weighted by Crippen LogP contribution is -2.28. The summed E-state index contributed by atoms with van der Waals surface area (Å²) >= 11 is 9.28. The van der Waals surface area contributed by atoms with Gasteiger partial charge < -0.3 is 15.4 Å².